The van der Waals surface area contributed by atoms with E-state index in [1.54, 1.807) is 24.3 Å². The van der Waals surface area contributed by atoms with Crippen LogP contribution in [0.15, 0.2) is 29.2 Å². The minimum atomic E-state index is -3.23. The fraction of sp³-hybridized carbons (Fsp3) is 0.647. The minimum absolute atomic E-state index is 0.0668. The number of ether oxygens (including phenoxy) is 1. The van der Waals surface area contributed by atoms with Crippen LogP contribution in [0.4, 0.5) is 4.39 Å². The Bertz CT molecular complexity index is 644. The highest BCUT2D eigenvalue weighted by Crippen LogP contribution is 2.29. The van der Waals surface area contributed by atoms with Crippen LogP contribution in [0, 0.1) is 5.92 Å². The first kappa shape index (κ1) is 17.8. The SMILES string of the molecule is CS(=O)(=O)c1ccc(C2NC(NCC3CCOC3)CCC2F)cc1. The first-order chi connectivity index (χ1) is 11.4. The molecule has 0 saturated carbocycles. The summed E-state index contributed by atoms with van der Waals surface area (Å²) in [5.41, 5.74) is 0.783. The van der Waals surface area contributed by atoms with Crippen LogP contribution in [0.2, 0.25) is 0 Å². The highest BCUT2D eigenvalue weighted by molar-refractivity contribution is 7.90. The predicted octanol–water partition coefficient (Wildman–Crippen LogP) is 1.80. The Morgan fingerprint density at radius 2 is 2.00 bits per heavy atom. The number of piperidine rings is 1. The Morgan fingerprint density at radius 3 is 2.62 bits per heavy atom. The average Bonchev–Trinajstić information content (AvgIpc) is 3.07. The monoisotopic (exact) mass is 356 g/mol. The third-order valence-electron chi connectivity index (χ3n) is 4.82. The molecule has 2 fully saturated rings. The Labute approximate surface area is 142 Å². The first-order valence-electron chi connectivity index (χ1n) is 8.45. The van der Waals surface area contributed by atoms with Gasteiger partial charge in [-0.2, -0.15) is 0 Å². The summed E-state index contributed by atoms with van der Waals surface area (Å²) in [6, 6.07) is 6.09. The number of sulfone groups is 1. The van der Waals surface area contributed by atoms with Crippen molar-refractivity contribution >= 4 is 9.84 Å². The zero-order chi connectivity index (χ0) is 17.2. The second-order valence-electron chi connectivity index (χ2n) is 6.77. The van der Waals surface area contributed by atoms with Gasteiger partial charge >= 0.3 is 0 Å². The van der Waals surface area contributed by atoms with Crippen molar-refractivity contribution in [3.05, 3.63) is 29.8 Å². The summed E-state index contributed by atoms with van der Waals surface area (Å²) in [6.45, 7) is 2.49. The highest BCUT2D eigenvalue weighted by Gasteiger charge is 2.31. The van der Waals surface area contributed by atoms with Crippen molar-refractivity contribution in [2.45, 2.75) is 42.5 Å². The maximum Gasteiger partial charge on any atom is 0.175 e. The highest BCUT2D eigenvalue weighted by atomic mass is 32.2. The van der Waals surface area contributed by atoms with Gasteiger partial charge in [-0.3, -0.25) is 5.32 Å². The molecule has 1 aromatic carbocycles. The molecule has 0 spiro atoms. The Hall–Kier alpha value is -1.02. The molecule has 3 rings (SSSR count). The molecule has 7 heteroatoms. The fourth-order valence-corrected chi connectivity index (χ4v) is 3.97. The number of rotatable bonds is 5. The van der Waals surface area contributed by atoms with Crippen molar-refractivity contribution in [2.24, 2.45) is 5.92 Å². The summed E-state index contributed by atoms with van der Waals surface area (Å²) < 4.78 is 42.8. The largest absolute Gasteiger partial charge is 0.381 e. The topological polar surface area (TPSA) is 67.4 Å². The summed E-state index contributed by atoms with van der Waals surface area (Å²) in [5, 5.41) is 6.79. The average molecular weight is 356 g/mol. The number of hydrogen-bond acceptors (Lipinski definition) is 5. The molecule has 0 radical (unpaired) electrons. The van der Waals surface area contributed by atoms with Gasteiger partial charge in [0.2, 0.25) is 0 Å². The van der Waals surface area contributed by atoms with E-state index in [4.69, 9.17) is 4.74 Å². The first-order valence-corrected chi connectivity index (χ1v) is 10.3. The van der Waals surface area contributed by atoms with E-state index in [1.165, 1.54) is 6.26 Å². The summed E-state index contributed by atoms with van der Waals surface area (Å²) in [6.07, 6.45) is 2.57. The standard InChI is InChI=1S/C17H25FN2O3S/c1-24(21,22)14-4-2-13(3-5-14)17-15(18)6-7-16(20-17)19-10-12-8-9-23-11-12/h2-5,12,15-17,19-20H,6-11H2,1H3. The fourth-order valence-electron chi connectivity index (χ4n) is 3.34. The lowest BCUT2D eigenvalue weighted by Gasteiger charge is -2.35. The van der Waals surface area contributed by atoms with Crippen molar-refractivity contribution in [1.82, 2.24) is 10.6 Å². The van der Waals surface area contributed by atoms with Crippen LogP contribution in [0.25, 0.3) is 0 Å². The third-order valence-corrected chi connectivity index (χ3v) is 5.95. The molecule has 0 bridgehead atoms. The van der Waals surface area contributed by atoms with Crippen LogP contribution >= 0.6 is 0 Å². The molecule has 24 heavy (non-hydrogen) atoms. The van der Waals surface area contributed by atoms with Gasteiger partial charge in [-0.05, 0) is 42.9 Å². The van der Waals surface area contributed by atoms with Gasteiger partial charge in [0, 0.05) is 19.4 Å². The van der Waals surface area contributed by atoms with E-state index in [2.05, 4.69) is 10.6 Å². The maximum atomic E-state index is 14.4. The molecule has 1 aromatic rings. The van der Waals surface area contributed by atoms with Crippen LogP contribution in [0.1, 0.15) is 30.9 Å². The molecule has 0 aliphatic carbocycles. The van der Waals surface area contributed by atoms with Gasteiger partial charge in [-0.25, -0.2) is 12.8 Å². The molecule has 2 N–H and O–H groups in total. The van der Waals surface area contributed by atoms with Gasteiger partial charge in [-0.15, -0.1) is 0 Å². The third kappa shape index (κ3) is 4.33. The van der Waals surface area contributed by atoms with E-state index < -0.39 is 22.1 Å². The lowest BCUT2D eigenvalue weighted by Crippen LogP contribution is -2.51. The summed E-state index contributed by atoms with van der Waals surface area (Å²) in [7, 11) is -3.23. The van der Waals surface area contributed by atoms with Gasteiger partial charge < -0.3 is 10.1 Å². The summed E-state index contributed by atoms with van der Waals surface area (Å²) in [5.74, 6) is 0.530. The molecule has 2 heterocycles. The zero-order valence-corrected chi connectivity index (χ0v) is 14.7. The lowest BCUT2D eigenvalue weighted by molar-refractivity contribution is 0.149. The van der Waals surface area contributed by atoms with E-state index in [9.17, 15) is 12.8 Å². The molecule has 0 amide bonds. The van der Waals surface area contributed by atoms with E-state index >= 15 is 0 Å². The van der Waals surface area contributed by atoms with Crippen molar-refractivity contribution < 1.29 is 17.5 Å². The van der Waals surface area contributed by atoms with Crippen LogP contribution in [0.5, 0.6) is 0 Å². The predicted molar refractivity (Wildman–Crippen MR) is 90.3 cm³/mol. The van der Waals surface area contributed by atoms with Gasteiger partial charge in [0.1, 0.15) is 6.17 Å². The smallest absolute Gasteiger partial charge is 0.175 e. The molecule has 2 aliphatic rings. The van der Waals surface area contributed by atoms with Gasteiger partial charge in [0.05, 0.1) is 23.7 Å². The van der Waals surface area contributed by atoms with E-state index in [0.717, 1.165) is 38.2 Å². The van der Waals surface area contributed by atoms with E-state index in [1.807, 2.05) is 0 Å². The number of nitrogens with one attached hydrogen (secondary N) is 2. The molecule has 0 aromatic heterocycles. The van der Waals surface area contributed by atoms with Crippen LogP contribution in [-0.4, -0.2) is 46.8 Å². The van der Waals surface area contributed by atoms with Gasteiger partial charge in [0.15, 0.2) is 9.84 Å². The quantitative estimate of drug-likeness (QED) is 0.842. The van der Waals surface area contributed by atoms with Crippen molar-refractivity contribution in [2.75, 3.05) is 26.0 Å². The molecule has 4 unspecified atom stereocenters. The molecule has 5 nitrogen and oxygen atoms in total. The van der Waals surface area contributed by atoms with Gasteiger partial charge in [-0.1, -0.05) is 12.1 Å². The maximum absolute atomic E-state index is 14.4. The molecule has 4 atom stereocenters. The number of alkyl halides is 1. The second kappa shape index (κ2) is 7.47. The zero-order valence-electron chi connectivity index (χ0n) is 13.9. The number of benzene rings is 1. The van der Waals surface area contributed by atoms with Gasteiger partial charge in [0.25, 0.3) is 0 Å². The van der Waals surface area contributed by atoms with Crippen molar-refractivity contribution in [3.8, 4) is 0 Å². The summed E-state index contributed by atoms with van der Waals surface area (Å²) >= 11 is 0. The summed E-state index contributed by atoms with van der Waals surface area (Å²) in [4.78, 5) is 0.258. The van der Waals surface area contributed by atoms with E-state index in [-0.39, 0.29) is 11.1 Å². The van der Waals surface area contributed by atoms with Crippen LogP contribution < -0.4 is 10.6 Å². The number of hydrogen-bond donors (Lipinski definition) is 2. The molecule has 134 valence electrons. The molecular weight excluding hydrogens is 331 g/mol. The second-order valence-corrected chi connectivity index (χ2v) is 8.79. The molecular formula is C17H25FN2O3S. The lowest BCUT2D eigenvalue weighted by atomic mass is 9.94. The van der Waals surface area contributed by atoms with E-state index in [0.29, 0.717) is 12.3 Å². The Balaban J connectivity index is 1.62. The Morgan fingerprint density at radius 1 is 1.25 bits per heavy atom. The minimum Gasteiger partial charge on any atom is -0.381 e. The van der Waals surface area contributed by atoms with Crippen LogP contribution in [-0.2, 0) is 14.6 Å². The normalized spacial score (nSPS) is 31.2. The van der Waals surface area contributed by atoms with Crippen LogP contribution in [0.3, 0.4) is 0 Å². The van der Waals surface area contributed by atoms with Crippen molar-refractivity contribution in [1.29, 1.82) is 0 Å². The Kier molecular flexibility index (Phi) is 5.54. The number of halogens is 1. The van der Waals surface area contributed by atoms with Crippen molar-refractivity contribution in [3.63, 3.8) is 0 Å². The molecule has 2 saturated heterocycles. The molecule has 2 aliphatic heterocycles.